The summed E-state index contributed by atoms with van der Waals surface area (Å²) in [6, 6.07) is 10.1. The number of ether oxygens (including phenoxy) is 1. The summed E-state index contributed by atoms with van der Waals surface area (Å²) < 4.78 is 11.6. The van der Waals surface area contributed by atoms with Gasteiger partial charge in [0.2, 0.25) is 6.29 Å². The molecule has 2 rings (SSSR count). The van der Waals surface area contributed by atoms with E-state index in [1.54, 1.807) is 0 Å². The van der Waals surface area contributed by atoms with Crippen molar-refractivity contribution in [1.29, 1.82) is 0 Å². The molecular weight excluding hydrogens is 340 g/mol. The first kappa shape index (κ1) is 20.1. The largest absolute Gasteiger partial charge is 0.429 e. The standard InChI is InChI=1S/C22H28O3Si/c1-22(2,3)26(4,5)25-21-19(17-20(23)24-21)16-12-7-6-9-13-18-14-10-8-11-15-18/h6-17,21H,1-5H3/b7-6+,13-9+,16-12+. The van der Waals surface area contributed by atoms with E-state index in [9.17, 15) is 4.79 Å². The topological polar surface area (TPSA) is 35.5 Å². The van der Waals surface area contributed by atoms with Crippen LogP contribution in [0, 0.1) is 0 Å². The molecule has 1 heterocycles. The lowest BCUT2D eigenvalue weighted by atomic mass is 10.2. The smallest absolute Gasteiger partial charge is 0.333 e. The molecule has 3 nitrogen and oxygen atoms in total. The van der Waals surface area contributed by atoms with Crippen molar-refractivity contribution in [3.05, 3.63) is 77.9 Å². The van der Waals surface area contributed by atoms with Crippen molar-refractivity contribution in [2.45, 2.75) is 45.2 Å². The Bertz CT molecular complexity index is 734. The molecule has 0 radical (unpaired) electrons. The van der Waals surface area contributed by atoms with E-state index >= 15 is 0 Å². The zero-order valence-electron chi connectivity index (χ0n) is 16.2. The van der Waals surface area contributed by atoms with Gasteiger partial charge in [-0.15, -0.1) is 0 Å². The Hall–Kier alpha value is -2.17. The van der Waals surface area contributed by atoms with Crippen molar-refractivity contribution in [2.75, 3.05) is 0 Å². The zero-order valence-corrected chi connectivity index (χ0v) is 17.2. The van der Waals surface area contributed by atoms with Crippen LogP contribution < -0.4 is 0 Å². The van der Waals surface area contributed by atoms with Gasteiger partial charge in [0.15, 0.2) is 8.32 Å². The highest BCUT2D eigenvalue weighted by molar-refractivity contribution is 6.74. The third-order valence-electron chi connectivity index (χ3n) is 4.70. The van der Waals surface area contributed by atoms with Gasteiger partial charge >= 0.3 is 5.97 Å². The highest BCUT2D eigenvalue weighted by Gasteiger charge is 2.41. The predicted molar refractivity (Wildman–Crippen MR) is 110 cm³/mol. The van der Waals surface area contributed by atoms with Gasteiger partial charge in [-0.05, 0) is 23.7 Å². The van der Waals surface area contributed by atoms with Crippen LogP contribution in [0.25, 0.3) is 6.08 Å². The van der Waals surface area contributed by atoms with Crippen LogP contribution in [0.15, 0.2) is 72.4 Å². The van der Waals surface area contributed by atoms with Crippen molar-refractivity contribution in [3.63, 3.8) is 0 Å². The second-order valence-corrected chi connectivity index (χ2v) is 12.6. The molecule has 0 aliphatic carbocycles. The van der Waals surface area contributed by atoms with E-state index in [0.29, 0.717) is 0 Å². The summed E-state index contributed by atoms with van der Waals surface area (Å²) >= 11 is 0. The predicted octanol–water partition coefficient (Wildman–Crippen LogP) is 5.64. The van der Waals surface area contributed by atoms with E-state index in [0.717, 1.165) is 11.1 Å². The average Bonchev–Trinajstić information content (AvgIpc) is 2.89. The average molecular weight is 369 g/mol. The number of benzene rings is 1. The molecule has 0 amide bonds. The van der Waals surface area contributed by atoms with Crippen molar-refractivity contribution in [3.8, 4) is 0 Å². The second kappa shape index (κ2) is 8.47. The quantitative estimate of drug-likeness (QED) is 0.370. The van der Waals surface area contributed by atoms with Gasteiger partial charge in [-0.1, -0.05) is 87.6 Å². The molecule has 138 valence electrons. The fourth-order valence-corrected chi connectivity index (χ4v) is 3.17. The monoisotopic (exact) mass is 368 g/mol. The number of cyclic esters (lactones) is 1. The first-order chi connectivity index (χ1) is 12.2. The fraction of sp³-hybridized carbons (Fsp3) is 0.318. The summed E-state index contributed by atoms with van der Waals surface area (Å²) in [7, 11) is -2.02. The number of carbonyl (C=O) groups excluding carboxylic acids is 1. The van der Waals surface area contributed by atoms with Crippen LogP contribution in [0.1, 0.15) is 26.3 Å². The van der Waals surface area contributed by atoms with Gasteiger partial charge in [-0.3, -0.25) is 0 Å². The minimum Gasteiger partial charge on any atom is -0.429 e. The lowest BCUT2D eigenvalue weighted by molar-refractivity contribution is -0.149. The maximum atomic E-state index is 11.7. The first-order valence-corrected chi connectivity index (χ1v) is 11.8. The molecule has 4 heteroatoms. The van der Waals surface area contributed by atoms with Crippen LogP contribution in [0.5, 0.6) is 0 Å². The van der Waals surface area contributed by atoms with Crippen molar-refractivity contribution >= 4 is 20.4 Å². The lowest BCUT2D eigenvalue weighted by Gasteiger charge is -2.38. The molecule has 0 saturated heterocycles. The van der Waals surface area contributed by atoms with Crippen molar-refractivity contribution in [1.82, 2.24) is 0 Å². The molecule has 0 bridgehead atoms. The van der Waals surface area contributed by atoms with Crippen molar-refractivity contribution < 1.29 is 14.0 Å². The third kappa shape index (κ3) is 5.68. The summed E-state index contributed by atoms with van der Waals surface area (Å²) in [6.07, 6.45) is 12.6. The molecule has 1 aromatic rings. The van der Waals surface area contributed by atoms with Crippen LogP contribution in [-0.2, 0) is 14.0 Å². The number of rotatable bonds is 6. The van der Waals surface area contributed by atoms with E-state index in [4.69, 9.17) is 9.16 Å². The van der Waals surface area contributed by atoms with E-state index in [-0.39, 0.29) is 11.0 Å². The maximum absolute atomic E-state index is 11.7. The Labute approximate surface area is 157 Å². The van der Waals surface area contributed by atoms with E-state index < -0.39 is 14.6 Å². The molecule has 0 N–H and O–H groups in total. The summed E-state index contributed by atoms with van der Waals surface area (Å²) in [5.74, 6) is -0.346. The van der Waals surface area contributed by atoms with Crippen LogP contribution in [0.4, 0.5) is 0 Å². The van der Waals surface area contributed by atoms with Crippen molar-refractivity contribution in [2.24, 2.45) is 0 Å². The lowest BCUT2D eigenvalue weighted by Crippen LogP contribution is -2.44. The highest BCUT2D eigenvalue weighted by atomic mass is 28.4. The Balaban J connectivity index is 1.97. The van der Waals surface area contributed by atoms with Gasteiger partial charge in [0.05, 0.1) is 0 Å². The fourth-order valence-electron chi connectivity index (χ4n) is 2.10. The van der Waals surface area contributed by atoms with E-state index in [2.05, 4.69) is 46.0 Å². The molecule has 0 aromatic heterocycles. The summed E-state index contributed by atoms with van der Waals surface area (Å²) in [5, 5.41) is 0.0545. The summed E-state index contributed by atoms with van der Waals surface area (Å²) in [5.41, 5.74) is 1.91. The Kier molecular flexibility index (Phi) is 6.56. The molecule has 1 atom stereocenters. The number of carbonyl (C=O) groups is 1. The molecule has 0 saturated carbocycles. The molecule has 1 aliphatic rings. The molecule has 26 heavy (non-hydrogen) atoms. The van der Waals surface area contributed by atoms with Gasteiger partial charge in [0.1, 0.15) is 0 Å². The Morgan fingerprint density at radius 3 is 2.23 bits per heavy atom. The van der Waals surface area contributed by atoms with Gasteiger partial charge in [-0.2, -0.15) is 0 Å². The second-order valence-electron chi connectivity index (χ2n) is 7.81. The summed E-state index contributed by atoms with van der Waals surface area (Å²) in [6.45, 7) is 10.8. The normalized spacial score (nSPS) is 18.9. The molecule has 0 fully saturated rings. The van der Waals surface area contributed by atoms with Gasteiger partial charge < -0.3 is 9.16 Å². The molecule has 0 spiro atoms. The van der Waals surface area contributed by atoms with Gasteiger partial charge in [-0.25, -0.2) is 4.79 Å². The number of hydrogen-bond donors (Lipinski definition) is 0. The number of allylic oxidation sites excluding steroid dienone is 4. The summed E-state index contributed by atoms with van der Waals surface area (Å²) in [4.78, 5) is 11.7. The zero-order chi connectivity index (χ0) is 19.2. The molecule has 1 aromatic carbocycles. The maximum Gasteiger partial charge on any atom is 0.333 e. The van der Waals surface area contributed by atoms with Gasteiger partial charge in [0.25, 0.3) is 0 Å². The van der Waals surface area contributed by atoms with E-state index in [1.165, 1.54) is 6.08 Å². The first-order valence-electron chi connectivity index (χ1n) is 8.85. The molecular formula is C22H28O3Si. The Morgan fingerprint density at radius 2 is 1.62 bits per heavy atom. The minimum atomic E-state index is -2.02. The van der Waals surface area contributed by atoms with Crippen LogP contribution in [-0.4, -0.2) is 20.6 Å². The van der Waals surface area contributed by atoms with E-state index in [1.807, 2.05) is 54.7 Å². The number of esters is 1. The SMILES string of the molecule is CC(C)(C)[Si](C)(C)OC1OC(=O)C=C1/C=C/C=C/C=C/c1ccccc1. The van der Waals surface area contributed by atoms with Crippen LogP contribution in [0.3, 0.4) is 0 Å². The van der Waals surface area contributed by atoms with Crippen LogP contribution in [0.2, 0.25) is 18.1 Å². The van der Waals surface area contributed by atoms with Crippen LogP contribution >= 0.6 is 0 Å². The van der Waals surface area contributed by atoms with Gasteiger partial charge in [0, 0.05) is 11.6 Å². The molecule has 1 aliphatic heterocycles. The third-order valence-corrected chi connectivity index (χ3v) is 9.11. The Morgan fingerprint density at radius 1 is 1.00 bits per heavy atom. The molecule has 1 unspecified atom stereocenters. The highest BCUT2D eigenvalue weighted by Crippen LogP contribution is 2.39. The minimum absolute atomic E-state index is 0.0545. The number of hydrogen-bond acceptors (Lipinski definition) is 3.